The fourth-order valence-corrected chi connectivity index (χ4v) is 2.80. The molecule has 0 bridgehead atoms. The number of nitrogens with two attached hydrogens (primary N) is 1. The van der Waals surface area contributed by atoms with E-state index in [0.29, 0.717) is 0 Å². The normalized spacial score (nSPS) is 15.6. The zero-order valence-corrected chi connectivity index (χ0v) is 12.9. The van der Waals surface area contributed by atoms with Gasteiger partial charge in [-0.15, -0.1) is 13.2 Å². The first-order chi connectivity index (χ1) is 9.60. The molecule has 2 nitrogen and oxygen atoms in total. The van der Waals surface area contributed by atoms with Crippen LogP contribution < -0.4 is 5.73 Å². The minimum atomic E-state index is -0.345. The second-order valence-corrected chi connectivity index (χ2v) is 5.36. The Morgan fingerprint density at radius 3 is 2.20 bits per heavy atom. The molecule has 0 aliphatic rings. The van der Waals surface area contributed by atoms with Crippen LogP contribution in [-0.4, -0.2) is 24.0 Å². The van der Waals surface area contributed by atoms with E-state index in [9.17, 15) is 0 Å². The third kappa shape index (κ3) is 3.81. The van der Waals surface area contributed by atoms with Crippen LogP contribution in [0.1, 0.15) is 32.3 Å². The van der Waals surface area contributed by atoms with Gasteiger partial charge in [-0.3, -0.25) is 4.90 Å². The molecule has 2 heteroatoms. The number of hydrogen-bond donors (Lipinski definition) is 1. The molecule has 0 radical (unpaired) electrons. The molecule has 0 fully saturated rings. The zero-order chi connectivity index (χ0) is 15.0. The van der Waals surface area contributed by atoms with Crippen LogP contribution in [0, 0.1) is 0 Å². The van der Waals surface area contributed by atoms with Crippen molar-refractivity contribution in [1.82, 2.24) is 4.90 Å². The molecule has 0 spiro atoms. The van der Waals surface area contributed by atoms with Crippen LogP contribution in [0.3, 0.4) is 0 Å². The van der Waals surface area contributed by atoms with Gasteiger partial charge in [-0.2, -0.15) is 0 Å². The second-order valence-electron chi connectivity index (χ2n) is 5.36. The van der Waals surface area contributed by atoms with Crippen molar-refractivity contribution in [2.24, 2.45) is 5.73 Å². The van der Waals surface area contributed by atoms with E-state index in [0.717, 1.165) is 25.9 Å². The number of hydrogen-bond acceptors (Lipinski definition) is 2. The number of benzene rings is 1. The summed E-state index contributed by atoms with van der Waals surface area (Å²) in [6.07, 6.45) is 5.88. The molecular weight excluding hydrogens is 244 g/mol. The van der Waals surface area contributed by atoms with Crippen LogP contribution in [0.25, 0.3) is 0 Å². The molecule has 0 aliphatic carbocycles. The molecule has 2 atom stereocenters. The van der Waals surface area contributed by atoms with Crippen LogP contribution in [0.15, 0.2) is 55.6 Å². The van der Waals surface area contributed by atoms with Crippen LogP contribution in [-0.2, 0) is 5.54 Å². The average molecular weight is 272 g/mol. The van der Waals surface area contributed by atoms with Crippen molar-refractivity contribution in [3.8, 4) is 0 Å². The minimum absolute atomic E-state index is 0.223. The van der Waals surface area contributed by atoms with E-state index >= 15 is 0 Å². The van der Waals surface area contributed by atoms with Crippen molar-refractivity contribution >= 4 is 0 Å². The molecule has 2 unspecified atom stereocenters. The van der Waals surface area contributed by atoms with Crippen molar-refractivity contribution in [3.63, 3.8) is 0 Å². The summed E-state index contributed by atoms with van der Waals surface area (Å²) in [5.74, 6) is 0. The van der Waals surface area contributed by atoms with E-state index < -0.39 is 0 Å². The second kappa shape index (κ2) is 8.03. The Labute approximate surface area is 124 Å². The lowest BCUT2D eigenvalue weighted by atomic mass is 9.80. The highest BCUT2D eigenvalue weighted by Gasteiger charge is 2.35. The van der Waals surface area contributed by atoms with Gasteiger partial charge in [0.2, 0.25) is 0 Å². The third-order valence-corrected chi connectivity index (χ3v) is 4.00. The standard InChI is InChI=1S/C18H28N2/c1-5-13-18(19,17-11-9-8-10-12-17)16(4)20(14-6-2)15-7-3/h6-12,16H,2-3,5,13-15,19H2,1,4H3. The lowest BCUT2D eigenvalue weighted by Gasteiger charge is -2.42. The van der Waals surface area contributed by atoms with Crippen molar-refractivity contribution in [2.45, 2.75) is 38.3 Å². The molecular formula is C18H28N2. The molecule has 1 aromatic carbocycles. The predicted octanol–water partition coefficient (Wildman–Crippen LogP) is 3.70. The van der Waals surface area contributed by atoms with Gasteiger partial charge in [0, 0.05) is 19.1 Å². The van der Waals surface area contributed by atoms with E-state index in [1.54, 1.807) is 0 Å². The fraction of sp³-hybridized carbons (Fsp3) is 0.444. The lowest BCUT2D eigenvalue weighted by molar-refractivity contribution is 0.149. The van der Waals surface area contributed by atoms with E-state index in [1.807, 2.05) is 18.2 Å². The molecule has 0 aliphatic heterocycles. The van der Waals surface area contributed by atoms with Gasteiger partial charge in [0.15, 0.2) is 0 Å². The van der Waals surface area contributed by atoms with Gasteiger partial charge >= 0.3 is 0 Å². The van der Waals surface area contributed by atoms with Gasteiger partial charge < -0.3 is 5.73 Å². The fourth-order valence-electron chi connectivity index (χ4n) is 2.80. The Hall–Kier alpha value is -1.38. The molecule has 0 saturated heterocycles. The highest BCUT2D eigenvalue weighted by atomic mass is 15.2. The van der Waals surface area contributed by atoms with E-state index in [4.69, 9.17) is 5.73 Å². The molecule has 0 amide bonds. The van der Waals surface area contributed by atoms with Crippen LogP contribution in [0.2, 0.25) is 0 Å². The Morgan fingerprint density at radius 2 is 1.75 bits per heavy atom. The molecule has 1 rings (SSSR count). The van der Waals surface area contributed by atoms with E-state index in [1.165, 1.54) is 5.56 Å². The SMILES string of the molecule is C=CCN(CC=C)C(C)C(N)(CCC)c1ccccc1. The van der Waals surface area contributed by atoms with Crippen molar-refractivity contribution in [3.05, 3.63) is 61.2 Å². The summed E-state index contributed by atoms with van der Waals surface area (Å²) < 4.78 is 0. The zero-order valence-electron chi connectivity index (χ0n) is 12.9. The van der Waals surface area contributed by atoms with Gasteiger partial charge in [0.05, 0.1) is 5.54 Å². The van der Waals surface area contributed by atoms with E-state index in [-0.39, 0.29) is 11.6 Å². The topological polar surface area (TPSA) is 29.3 Å². The highest BCUT2D eigenvalue weighted by Crippen LogP contribution is 2.30. The quantitative estimate of drug-likeness (QED) is 0.694. The molecule has 0 heterocycles. The van der Waals surface area contributed by atoms with Crippen molar-refractivity contribution in [1.29, 1.82) is 0 Å². The largest absolute Gasteiger partial charge is 0.320 e. The highest BCUT2D eigenvalue weighted by molar-refractivity contribution is 5.26. The summed E-state index contributed by atoms with van der Waals surface area (Å²) in [5.41, 5.74) is 7.68. The van der Waals surface area contributed by atoms with Gasteiger partial charge in [-0.1, -0.05) is 55.8 Å². The summed E-state index contributed by atoms with van der Waals surface area (Å²) >= 11 is 0. The van der Waals surface area contributed by atoms with E-state index in [2.05, 4.69) is 56.2 Å². The summed E-state index contributed by atoms with van der Waals surface area (Å²) in [5, 5.41) is 0. The predicted molar refractivity (Wildman–Crippen MR) is 88.6 cm³/mol. The smallest absolute Gasteiger partial charge is 0.0564 e. The molecule has 0 aromatic heterocycles. The first-order valence-corrected chi connectivity index (χ1v) is 7.40. The maximum Gasteiger partial charge on any atom is 0.0564 e. The van der Waals surface area contributed by atoms with Crippen LogP contribution >= 0.6 is 0 Å². The molecule has 20 heavy (non-hydrogen) atoms. The molecule has 1 aromatic rings. The first-order valence-electron chi connectivity index (χ1n) is 7.40. The summed E-state index contributed by atoms with van der Waals surface area (Å²) in [7, 11) is 0. The maximum absolute atomic E-state index is 6.82. The molecule has 2 N–H and O–H groups in total. The Kier molecular flexibility index (Phi) is 6.69. The minimum Gasteiger partial charge on any atom is -0.320 e. The molecule has 110 valence electrons. The van der Waals surface area contributed by atoms with Crippen molar-refractivity contribution < 1.29 is 0 Å². The Morgan fingerprint density at radius 1 is 1.20 bits per heavy atom. The van der Waals surface area contributed by atoms with Gasteiger partial charge in [0.1, 0.15) is 0 Å². The van der Waals surface area contributed by atoms with Gasteiger partial charge in [-0.05, 0) is 18.9 Å². The van der Waals surface area contributed by atoms with Crippen LogP contribution in [0.4, 0.5) is 0 Å². The monoisotopic (exact) mass is 272 g/mol. The van der Waals surface area contributed by atoms with Gasteiger partial charge in [0.25, 0.3) is 0 Å². The number of rotatable bonds is 9. The number of nitrogens with zero attached hydrogens (tertiary/aromatic N) is 1. The van der Waals surface area contributed by atoms with Crippen LogP contribution in [0.5, 0.6) is 0 Å². The Balaban J connectivity index is 3.09. The summed E-state index contributed by atoms with van der Waals surface area (Å²) in [4.78, 5) is 2.32. The molecule has 0 saturated carbocycles. The summed E-state index contributed by atoms with van der Waals surface area (Å²) in [6, 6.07) is 10.6. The maximum atomic E-state index is 6.82. The van der Waals surface area contributed by atoms with Crippen molar-refractivity contribution in [2.75, 3.05) is 13.1 Å². The Bertz CT molecular complexity index is 403. The third-order valence-electron chi connectivity index (χ3n) is 4.00. The summed E-state index contributed by atoms with van der Waals surface area (Å²) in [6.45, 7) is 13.7. The average Bonchev–Trinajstić information content (AvgIpc) is 2.47. The van der Waals surface area contributed by atoms with Gasteiger partial charge in [-0.25, -0.2) is 0 Å². The lowest BCUT2D eigenvalue weighted by Crippen LogP contribution is -2.54. The first kappa shape index (κ1) is 16.7.